The summed E-state index contributed by atoms with van der Waals surface area (Å²) in [7, 11) is -3.29. The molecule has 1 N–H and O–H groups in total. The average molecular weight is 407 g/mol. The highest BCUT2D eigenvalue weighted by Crippen LogP contribution is 2.25. The summed E-state index contributed by atoms with van der Waals surface area (Å²) < 4.78 is 25.0. The molecule has 0 spiro atoms. The fourth-order valence-electron chi connectivity index (χ4n) is 2.93. The number of hydrogen-bond acceptors (Lipinski definition) is 6. The van der Waals surface area contributed by atoms with E-state index in [4.69, 9.17) is 0 Å². The lowest BCUT2D eigenvalue weighted by atomic mass is 10.1. The number of hydrogen-bond donors (Lipinski definition) is 1. The van der Waals surface area contributed by atoms with E-state index in [0.29, 0.717) is 23.3 Å². The number of carbonyl (C=O) groups excluding carboxylic acids is 1. The first kappa shape index (κ1) is 18.8. The minimum Gasteiger partial charge on any atom is -0.345 e. The summed E-state index contributed by atoms with van der Waals surface area (Å²) in [4.78, 5) is 25.6. The predicted molar refractivity (Wildman–Crippen MR) is 107 cm³/mol. The van der Waals surface area contributed by atoms with Crippen molar-refractivity contribution >= 4 is 21.3 Å². The Hall–Kier alpha value is -3.59. The molecule has 3 aromatic heterocycles. The van der Waals surface area contributed by atoms with Gasteiger partial charge in [0, 0.05) is 43.2 Å². The number of rotatable bonds is 5. The van der Waals surface area contributed by atoms with Gasteiger partial charge in [-0.2, -0.15) is 0 Å². The summed E-state index contributed by atoms with van der Waals surface area (Å²) in [5.41, 5.74) is 2.75. The number of sulfone groups is 1. The van der Waals surface area contributed by atoms with Gasteiger partial charge in [0.1, 0.15) is 0 Å². The Balaban J connectivity index is 1.69. The van der Waals surface area contributed by atoms with Crippen LogP contribution in [0.5, 0.6) is 0 Å². The lowest BCUT2D eigenvalue weighted by Crippen LogP contribution is -2.25. The number of fused-ring (bicyclic) bond motifs is 1. The van der Waals surface area contributed by atoms with Gasteiger partial charge in [-0.1, -0.05) is 18.2 Å². The molecule has 0 fully saturated rings. The van der Waals surface area contributed by atoms with Gasteiger partial charge in [-0.3, -0.25) is 19.2 Å². The summed E-state index contributed by atoms with van der Waals surface area (Å²) in [5, 5.41) is 2.84. The normalized spacial score (nSPS) is 11.5. The fraction of sp³-hybridized carbons (Fsp3) is 0.100. The van der Waals surface area contributed by atoms with Crippen molar-refractivity contribution in [3.8, 4) is 11.3 Å². The van der Waals surface area contributed by atoms with E-state index in [0.717, 1.165) is 11.8 Å². The number of nitrogens with zero attached hydrogens (tertiary/aromatic N) is 4. The second kappa shape index (κ2) is 7.44. The quantitative estimate of drug-likeness (QED) is 0.543. The number of aromatic nitrogens is 4. The molecule has 0 radical (unpaired) electrons. The zero-order chi connectivity index (χ0) is 20.4. The molecule has 1 aromatic carbocycles. The Labute approximate surface area is 167 Å². The second-order valence-electron chi connectivity index (χ2n) is 6.46. The molecule has 8 nitrogen and oxygen atoms in total. The number of imidazole rings is 1. The van der Waals surface area contributed by atoms with Crippen LogP contribution in [-0.2, 0) is 16.4 Å². The van der Waals surface area contributed by atoms with Gasteiger partial charge in [-0.15, -0.1) is 0 Å². The van der Waals surface area contributed by atoms with E-state index < -0.39 is 9.84 Å². The summed E-state index contributed by atoms with van der Waals surface area (Å²) >= 11 is 0. The number of carbonyl (C=O) groups is 1. The molecule has 3 heterocycles. The Morgan fingerprint density at radius 1 is 1.07 bits per heavy atom. The third-order valence-corrected chi connectivity index (χ3v) is 5.51. The van der Waals surface area contributed by atoms with Crippen LogP contribution in [0, 0.1) is 0 Å². The molecular weight excluding hydrogens is 390 g/mol. The largest absolute Gasteiger partial charge is 0.345 e. The van der Waals surface area contributed by atoms with Crippen molar-refractivity contribution in [2.24, 2.45) is 0 Å². The zero-order valence-corrected chi connectivity index (χ0v) is 16.3. The molecule has 4 aromatic rings. The van der Waals surface area contributed by atoms with Crippen LogP contribution < -0.4 is 5.32 Å². The molecule has 4 rings (SSSR count). The van der Waals surface area contributed by atoms with Crippen molar-refractivity contribution in [3.05, 3.63) is 78.8 Å². The van der Waals surface area contributed by atoms with Crippen LogP contribution in [0.4, 0.5) is 0 Å². The van der Waals surface area contributed by atoms with Crippen LogP contribution in [0.1, 0.15) is 16.2 Å². The van der Waals surface area contributed by atoms with Gasteiger partial charge in [0.05, 0.1) is 22.3 Å². The van der Waals surface area contributed by atoms with Crippen LogP contribution in [0.2, 0.25) is 0 Å². The van der Waals surface area contributed by atoms with Crippen molar-refractivity contribution < 1.29 is 13.2 Å². The highest BCUT2D eigenvalue weighted by molar-refractivity contribution is 7.90. The number of nitrogens with one attached hydrogen (secondary N) is 1. The van der Waals surface area contributed by atoms with Gasteiger partial charge in [0.15, 0.2) is 9.84 Å². The van der Waals surface area contributed by atoms with E-state index in [-0.39, 0.29) is 16.6 Å². The van der Waals surface area contributed by atoms with E-state index in [1.165, 1.54) is 12.1 Å². The maximum atomic E-state index is 12.7. The summed E-state index contributed by atoms with van der Waals surface area (Å²) in [5.74, 6) is -0.123. The number of pyridine rings is 1. The maximum absolute atomic E-state index is 12.7. The molecule has 0 unspecified atom stereocenters. The third-order valence-electron chi connectivity index (χ3n) is 4.38. The van der Waals surface area contributed by atoms with Crippen LogP contribution in [-0.4, -0.2) is 39.9 Å². The van der Waals surface area contributed by atoms with Gasteiger partial charge >= 0.3 is 0 Å². The molecule has 9 heteroatoms. The molecule has 0 bridgehead atoms. The minimum atomic E-state index is -3.29. The molecule has 0 aliphatic carbocycles. The van der Waals surface area contributed by atoms with Gasteiger partial charge in [-0.05, 0) is 23.8 Å². The topological polar surface area (TPSA) is 106 Å². The van der Waals surface area contributed by atoms with E-state index in [1.54, 1.807) is 53.6 Å². The standard InChI is InChI=1S/C20H17N5O3S/c1-29(27,28)16-6-4-15(5-7-16)18-17-13-22-9-10-25(17)19(24-18)20(26)23-12-14-3-2-8-21-11-14/h2-11,13H,12H2,1H3,(H,23,26). The summed E-state index contributed by atoms with van der Waals surface area (Å²) in [6.45, 7) is 0.324. The van der Waals surface area contributed by atoms with Crippen molar-refractivity contribution in [1.29, 1.82) is 0 Å². The lowest BCUT2D eigenvalue weighted by Gasteiger charge is -2.04. The van der Waals surface area contributed by atoms with E-state index in [9.17, 15) is 13.2 Å². The van der Waals surface area contributed by atoms with Gasteiger partial charge in [-0.25, -0.2) is 13.4 Å². The van der Waals surface area contributed by atoms with Crippen LogP contribution >= 0.6 is 0 Å². The highest BCUT2D eigenvalue weighted by atomic mass is 32.2. The molecule has 1 amide bonds. The Kier molecular flexibility index (Phi) is 4.81. The first-order chi connectivity index (χ1) is 13.9. The Morgan fingerprint density at radius 2 is 1.83 bits per heavy atom. The number of amides is 1. The molecule has 146 valence electrons. The van der Waals surface area contributed by atoms with Crippen LogP contribution in [0.25, 0.3) is 16.8 Å². The van der Waals surface area contributed by atoms with Crippen molar-refractivity contribution in [1.82, 2.24) is 24.7 Å². The van der Waals surface area contributed by atoms with E-state index in [2.05, 4.69) is 20.3 Å². The smallest absolute Gasteiger partial charge is 0.287 e. The lowest BCUT2D eigenvalue weighted by molar-refractivity contribution is 0.0940. The second-order valence-corrected chi connectivity index (χ2v) is 8.47. The summed E-state index contributed by atoms with van der Waals surface area (Å²) in [6, 6.07) is 10.1. The minimum absolute atomic E-state index is 0.216. The molecule has 0 aliphatic rings. The SMILES string of the molecule is CS(=O)(=O)c1ccc(-c2nc(C(=O)NCc3cccnc3)n3ccncc23)cc1. The van der Waals surface area contributed by atoms with Crippen molar-refractivity contribution in [3.63, 3.8) is 0 Å². The van der Waals surface area contributed by atoms with Gasteiger partial charge in [0.25, 0.3) is 5.91 Å². The van der Waals surface area contributed by atoms with Gasteiger partial charge in [0.2, 0.25) is 5.82 Å². The first-order valence-electron chi connectivity index (χ1n) is 8.73. The summed E-state index contributed by atoms with van der Waals surface area (Å²) in [6.07, 6.45) is 9.36. The Bertz CT molecular complexity index is 1280. The van der Waals surface area contributed by atoms with Crippen molar-refractivity contribution in [2.75, 3.05) is 6.26 Å². The highest BCUT2D eigenvalue weighted by Gasteiger charge is 2.19. The predicted octanol–water partition coefficient (Wildman–Crippen LogP) is 2.12. The van der Waals surface area contributed by atoms with E-state index in [1.807, 2.05) is 6.07 Å². The van der Waals surface area contributed by atoms with Crippen LogP contribution in [0.15, 0.2) is 72.3 Å². The van der Waals surface area contributed by atoms with Crippen molar-refractivity contribution in [2.45, 2.75) is 11.4 Å². The average Bonchev–Trinajstić information content (AvgIpc) is 3.12. The third kappa shape index (κ3) is 3.85. The molecular formula is C20H17N5O3S. The van der Waals surface area contributed by atoms with Gasteiger partial charge < -0.3 is 5.32 Å². The monoisotopic (exact) mass is 407 g/mol. The number of benzene rings is 1. The Morgan fingerprint density at radius 3 is 2.52 bits per heavy atom. The molecule has 0 saturated carbocycles. The fourth-order valence-corrected chi connectivity index (χ4v) is 3.57. The zero-order valence-electron chi connectivity index (χ0n) is 15.5. The van der Waals surface area contributed by atoms with E-state index >= 15 is 0 Å². The first-order valence-corrected chi connectivity index (χ1v) is 10.6. The molecule has 29 heavy (non-hydrogen) atoms. The molecule has 0 atom stereocenters. The maximum Gasteiger partial charge on any atom is 0.287 e. The molecule has 0 saturated heterocycles. The van der Waals surface area contributed by atoms with Crippen LogP contribution in [0.3, 0.4) is 0 Å². The molecule has 0 aliphatic heterocycles.